The minimum atomic E-state index is -0.0276. The number of fused-ring (bicyclic) bond motifs is 1. The molecule has 0 saturated heterocycles. The molecule has 0 aromatic rings. The van der Waals surface area contributed by atoms with E-state index >= 15 is 0 Å². The molecule has 82 valence electrons. The van der Waals surface area contributed by atoms with Gasteiger partial charge in [0.2, 0.25) is 0 Å². The summed E-state index contributed by atoms with van der Waals surface area (Å²) in [5.41, 5.74) is 0. The third-order valence-electron chi connectivity index (χ3n) is 4.06. The fourth-order valence-electron chi connectivity index (χ4n) is 3.31. The number of hydrogen-bond donors (Lipinski definition) is 1. The number of thioether (sulfide) groups is 2. The lowest BCUT2D eigenvalue weighted by molar-refractivity contribution is 0.0962. The van der Waals surface area contributed by atoms with Gasteiger partial charge in [0.15, 0.2) is 0 Å². The first kappa shape index (κ1) is 11.2. The molecule has 1 nitrogen and oxygen atoms in total. The fourth-order valence-corrected chi connectivity index (χ4v) is 5.85. The van der Waals surface area contributed by atoms with Gasteiger partial charge in [0.25, 0.3) is 0 Å². The van der Waals surface area contributed by atoms with Crippen molar-refractivity contribution in [2.75, 3.05) is 12.5 Å². The van der Waals surface area contributed by atoms with Crippen LogP contribution >= 0.6 is 23.5 Å². The zero-order valence-electron chi connectivity index (χ0n) is 9.03. The van der Waals surface area contributed by atoms with Crippen LogP contribution in [0.1, 0.15) is 32.1 Å². The van der Waals surface area contributed by atoms with E-state index in [0.29, 0.717) is 10.00 Å². The molecule has 14 heavy (non-hydrogen) atoms. The number of hydrogen-bond acceptors (Lipinski definition) is 3. The largest absolute Gasteiger partial charge is 0.393 e. The quantitative estimate of drug-likeness (QED) is 0.739. The molecule has 0 radical (unpaired) electrons. The van der Waals surface area contributed by atoms with E-state index in [4.69, 9.17) is 0 Å². The SMILES string of the molecule is CSC1(SC)C[C@@H](O)[C@H]2CCCC[C@H]21. The second-order valence-corrected chi connectivity index (χ2v) is 7.08. The van der Waals surface area contributed by atoms with Crippen molar-refractivity contribution in [2.24, 2.45) is 11.8 Å². The summed E-state index contributed by atoms with van der Waals surface area (Å²) in [5, 5.41) is 10.1. The molecule has 2 saturated carbocycles. The van der Waals surface area contributed by atoms with Gasteiger partial charge in [-0.25, -0.2) is 0 Å². The summed E-state index contributed by atoms with van der Waals surface area (Å²) in [6.45, 7) is 0. The molecule has 0 aliphatic heterocycles. The summed E-state index contributed by atoms with van der Waals surface area (Å²) < 4.78 is 0.324. The molecule has 0 unspecified atom stereocenters. The van der Waals surface area contributed by atoms with Crippen LogP contribution in [0.5, 0.6) is 0 Å². The summed E-state index contributed by atoms with van der Waals surface area (Å²) in [7, 11) is 0. The molecule has 2 rings (SSSR count). The van der Waals surface area contributed by atoms with Gasteiger partial charge in [0, 0.05) is 0 Å². The summed E-state index contributed by atoms with van der Waals surface area (Å²) in [5.74, 6) is 1.36. The maximum atomic E-state index is 10.1. The molecule has 2 aliphatic carbocycles. The van der Waals surface area contributed by atoms with Crippen LogP contribution in [0.3, 0.4) is 0 Å². The molecule has 0 amide bonds. The lowest BCUT2D eigenvalue weighted by Crippen LogP contribution is -2.30. The molecule has 0 aromatic heterocycles. The average Bonchev–Trinajstić information content (AvgIpc) is 2.53. The van der Waals surface area contributed by atoms with E-state index in [1.165, 1.54) is 25.7 Å². The molecule has 0 aromatic carbocycles. The Hall–Kier alpha value is 0.660. The van der Waals surface area contributed by atoms with Crippen molar-refractivity contribution >= 4 is 23.5 Å². The molecule has 2 fully saturated rings. The van der Waals surface area contributed by atoms with Crippen molar-refractivity contribution in [3.05, 3.63) is 0 Å². The molecule has 3 atom stereocenters. The highest BCUT2D eigenvalue weighted by atomic mass is 32.2. The van der Waals surface area contributed by atoms with Crippen LogP contribution in [-0.4, -0.2) is 27.8 Å². The van der Waals surface area contributed by atoms with Crippen molar-refractivity contribution in [3.8, 4) is 0 Å². The second-order valence-electron chi connectivity index (χ2n) is 4.55. The first-order chi connectivity index (χ1) is 6.73. The van der Waals surface area contributed by atoms with Crippen LogP contribution in [0.2, 0.25) is 0 Å². The first-order valence-electron chi connectivity index (χ1n) is 5.52. The lowest BCUT2D eigenvalue weighted by Gasteiger charge is -2.36. The van der Waals surface area contributed by atoms with Crippen LogP contribution in [0.15, 0.2) is 0 Å². The van der Waals surface area contributed by atoms with E-state index in [9.17, 15) is 5.11 Å². The maximum Gasteiger partial charge on any atom is 0.0661 e. The third kappa shape index (κ3) is 1.61. The molecule has 0 spiro atoms. The van der Waals surface area contributed by atoms with Gasteiger partial charge in [-0.05, 0) is 43.6 Å². The molecular formula is C11H20OS2. The Morgan fingerprint density at radius 3 is 2.43 bits per heavy atom. The molecule has 2 aliphatic rings. The first-order valence-corrected chi connectivity index (χ1v) is 7.97. The fraction of sp³-hybridized carbons (Fsp3) is 1.00. The number of rotatable bonds is 2. The molecule has 0 heterocycles. The van der Waals surface area contributed by atoms with E-state index in [-0.39, 0.29) is 6.10 Å². The van der Waals surface area contributed by atoms with Gasteiger partial charge in [-0.1, -0.05) is 12.8 Å². The smallest absolute Gasteiger partial charge is 0.0661 e. The Bertz CT molecular complexity index is 203. The molecule has 3 heteroatoms. The van der Waals surface area contributed by atoms with Crippen LogP contribution in [0, 0.1) is 11.8 Å². The molecule has 0 bridgehead atoms. The van der Waals surface area contributed by atoms with Crippen LogP contribution in [0.25, 0.3) is 0 Å². The highest BCUT2D eigenvalue weighted by molar-refractivity contribution is 8.17. The van der Waals surface area contributed by atoms with Crippen molar-refractivity contribution in [1.29, 1.82) is 0 Å². The molecule has 1 N–H and O–H groups in total. The average molecular weight is 232 g/mol. The highest BCUT2D eigenvalue weighted by Crippen LogP contribution is 2.58. The van der Waals surface area contributed by atoms with Gasteiger partial charge in [0.1, 0.15) is 0 Å². The van der Waals surface area contributed by atoms with Crippen LogP contribution in [-0.2, 0) is 0 Å². The van der Waals surface area contributed by atoms with E-state index in [2.05, 4.69) is 12.5 Å². The van der Waals surface area contributed by atoms with Crippen molar-refractivity contribution < 1.29 is 5.11 Å². The van der Waals surface area contributed by atoms with E-state index in [1.54, 1.807) is 0 Å². The van der Waals surface area contributed by atoms with Gasteiger partial charge in [-0.3, -0.25) is 0 Å². The van der Waals surface area contributed by atoms with E-state index in [0.717, 1.165) is 12.3 Å². The zero-order valence-corrected chi connectivity index (χ0v) is 10.7. The van der Waals surface area contributed by atoms with Crippen LogP contribution < -0.4 is 0 Å². The Labute approximate surface area is 95.4 Å². The van der Waals surface area contributed by atoms with Gasteiger partial charge in [0.05, 0.1) is 10.2 Å². The Morgan fingerprint density at radius 2 is 1.79 bits per heavy atom. The summed E-state index contributed by atoms with van der Waals surface area (Å²) in [6, 6.07) is 0. The Kier molecular flexibility index (Phi) is 3.40. The van der Waals surface area contributed by atoms with Crippen molar-refractivity contribution in [1.82, 2.24) is 0 Å². The maximum absolute atomic E-state index is 10.1. The van der Waals surface area contributed by atoms with E-state index in [1.807, 2.05) is 23.5 Å². The monoisotopic (exact) mass is 232 g/mol. The predicted octanol–water partition coefficient (Wildman–Crippen LogP) is 2.98. The second kappa shape index (κ2) is 4.26. The van der Waals surface area contributed by atoms with Crippen LogP contribution in [0.4, 0.5) is 0 Å². The predicted molar refractivity (Wildman–Crippen MR) is 65.8 cm³/mol. The topological polar surface area (TPSA) is 20.2 Å². The standard InChI is InChI=1S/C11H20OS2/c1-13-11(14-2)7-10(12)8-5-3-4-6-9(8)11/h8-10,12H,3-7H2,1-2H3/t8-,9+,10+/m0/s1. The van der Waals surface area contributed by atoms with Gasteiger partial charge >= 0.3 is 0 Å². The normalized spacial score (nSPS) is 40.9. The zero-order chi connectivity index (χ0) is 10.2. The van der Waals surface area contributed by atoms with Gasteiger partial charge in [-0.15, -0.1) is 23.5 Å². The third-order valence-corrected chi connectivity index (χ3v) is 7.38. The number of aliphatic hydroxyl groups excluding tert-OH is 1. The Morgan fingerprint density at radius 1 is 1.14 bits per heavy atom. The van der Waals surface area contributed by atoms with E-state index < -0.39 is 0 Å². The summed E-state index contributed by atoms with van der Waals surface area (Å²) in [4.78, 5) is 0. The lowest BCUT2D eigenvalue weighted by atomic mass is 9.81. The minimum absolute atomic E-state index is 0.0276. The summed E-state index contributed by atoms with van der Waals surface area (Å²) >= 11 is 3.94. The Balaban J connectivity index is 2.20. The minimum Gasteiger partial charge on any atom is -0.393 e. The number of aliphatic hydroxyl groups is 1. The summed E-state index contributed by atoms with van der Waals surface area (Å²) in [6.07, 6.45) is 10.7. The van der Waals surface area contributed by atoms with Crippen molar-refractivity contribution in [3.63, 3.8) is 0 Å². The molecular weight excluding hydrogens is 212 g/mol. The van der Waals surface area contributed by atoms with Gasteiger partial charge < -0.3 is 5.11 Å². The van der Waals surface area contributed by atoms with Gasteiger partial charge in [-0.2, -0.15) is 0 Å². The van der Waals surface area contributed by atoms with Crippen molar-refractivity contribution in [2.45, 2.75) is 42.3 Å². The highest BCUT2D eigenvalue weighted by Gasteiger charge is 2.52.